The predicted octanol–water partition coefficient (Wildman–Crippen LogP) is 0.314. The summed E-state index contributed by atoms with van der Waals surface area (Å²) in [5, 5.41) is 18.9. The van der Waals surface area contributed by atoms with Crippen molar-refractivity contribution in [1.82, 2.24) is 0 Å². The smallest absolute Gasteiger partial charge is 0.387 e. The van der Waals surface area contributed by atoms with Crippen molar-refractivity contribution in [3.8, 4) is 0 Å². The highest BCUT2D eigenvalue weighted by Crippen LogP contribution is 2.23. The van der Waals surface area contributed by atoms with E-state index in [1.807, 2.05) is 0 Å². The second-order valence-corrected chi connectivity index (χ2v) is 4.42. The first-order valence-electron chi connectivity index (χ1n) is 6.88. The molecule has 1 rings (SSSR count). The fraction of sp³-hybridized carbons (Fsp3) is 0.125. The molecule has 1 aromatic carbocycles. The van der Waals surface area contributed by atoms with Crippen LogP contribution < -0.4 is 0 Å². The Bertz CT molecular complexity index is 737. The minimum atomic E-state index is -1.57. The van der Waals surface area contributed by atoms with Crippen LogP contribution in [0, 0.1) is 0 Å². The molecule has 0 aliphatic carbocycles. The molecule has 0 heterocycles. The topological polar surface area (TPSA) is 146 Å². The van der Waals surface area contributed by atoms with E-state index < -0.39 is 47.7 Å². The third-order valence-electron chi connectivity index (χ3n) is 2.78. The standard InChI is InChI=1S/C16H14O10/c1-3-12(19)23-25-15(21)10-7-5-6-9(11(18)8-17)14(10)16(22)26-24-13(20)4-2/h3-7,11,17-18H,1-2,8H2. The Labute approximate surface area is 146 Å². The zero-order valence-electron chi connectivity index (χ0n) is 13.2. The van der Waals surface area contributed by atoms with Crippen molar-refractivity contribution >= 4 is 23.9 Å². The number of benzene rings is 1. The monoisotopic (exact) mass is 366 g/mol. The predicted molar refractivity (Wildman–Crippen MR) is 81.9 cm³/mol. The number of aliphatic hydroxyl groups excluding tert-OH is 2. The average Bonchev–Trinajstić information content (AvgIpc) is 2.67. The molecule has 0 fully saturated rings. The maximum Gasteiger partial charge on any atom is 0.387 e. The van der Waals surface area contributed by atoms with Gasteiger partial charge in [-0.05, 0) is 11.6 Å². The van der Waals surface area contributed by atoms with Gasteiger partial charge < -0.3 is 10.2 Å². The van der Waals surface area contributed by atoms with Gasteiger partial charge in [0.2, 0.25) is 0 Å². The van der Waals surface area contributed by atoms with Gasteiger partial charge in [0.05, 0.1) is 17.7 Å². The van der Waals surface area contributed by atoms with Gasteiger partial charge in [-0.2, -0.15) is 0 Å². The molecule has 10 nitrogen and oxygen atoms in total. The van der Waals surface area contributed by atoms with Crippen molar-refractivity contribution in [3.05, 3.63) is 60.2 Å². The Morgan fingerprint density at radius 2 is 1.50 bits per heavy atom. The Morgan fingerprint density at radius 1 is 0.962 bits per heavy atom. The SMILES string of the molecule is C=CC(=O)OOC(=O)c1cccc(C(O)CO)c1C(=O)OOC(=O)C=C. The zero-order chi connectivity index (χ0) is 19.7. The van der Waals surface area contributed by atoms with E-state index in [2.05, 4.69) is 32.7 Å². The normalized spacial score (nSPS) is 10.8. The van der Waals surface area contributed by atoms with E-state index in [1.54, 1.807) is 0 Å². The highest BCUT2D eigenvalue weighted by Gasteiger charge is 2.28. The van der Waals surface area contributed by atoms with Crippen LogP contribution in [-0.4, -0.2) is 40.7 Å². The summed E-state index contributed by atoms with van der Waals surface area (Å²) >= 11 is 0. The second kappa shape index (κ2) is 9.71. The lowest BCUT2D eigenvalue weighted by molar-refractivity contribution is -0.229. The molecule has 2 N–H and O–H groups in total. The van der Waals surface area contributed by atoms with Crippen LogP contribution in [0.3, 0.4) is 0 Å². The maximum atomic E-state index is 12.2. The van der Waals surface area contributed by atoms with E-state index in [9.17, 15) is 24.3 Å². The molecule has 138 valence electrons. The average molecular weight is 366 g/mol. The van der Waals surface area contributed by atoms with Crippen molar-refractivity contribution in [2.75, 3.05) is 6.61 Å². The first kappa shape index (κ1) is 20.5. The summed E-state index contributed by atoms with van der Waals surface area (Å²) in [6.07, 6.45) is -0.134. The Kier molecular flexibility index (Phi) is 7.67. The number of rotatable bonds is 6. The molecular formula is C16H14O10. The molecule has 0 saturated heterocycles. The molecule has 0 aliphatic heterocycles. The van der Waals surface area contributed by atoms with Gasteiger partial charge in [0.15, 0.2) is 0 Å². The van der Waals surface area contributed by atoms with E-state index in [0.717, 1.165) is 12.1 Å². The van der Waals surface area contributed by atoms with Gasteiger partial charge in [-0.15, -0.1) is 0 Å². The Morgan fingerprint density at radius 3 is 2.00 bits per heavy atom. The lowest BCUT2D eigenvalue weighted by Crippen LogP contribution is -2.20. The third kappa shape index (κ3) is 5.26. The van der Waals surface area contributed by atoms with Crippen molar-refractivity contribution in [3.63, 3.8) is 0 Å². The second-order valence-electron chi connectivity index (χ2n) is 4.42. The van der Waals surface area contributed by atoms with E-state index in [0.29, 0.717) is 6.08 Å². The summed E-state index contributed by atoms with van der Waals surface area (Å²) in [6, 6.07) is 3.55. The van der Waals surface area contributed by atoms with E-state index in [4.69, 9.17) is 5.11 Å². The van der Waals surface area contributed by atoms with Gasteiger partial charge in [-0.1, -0.05) is 25.3 Å². The van der Waals surface area contributed by atoms with E-state index in [1.165, 1.54) is 12.1 Å². The summed E-state index contributed by atoms with van der Waals surface area (Å²) in [6.45, 7) is 5.40. The van der Waals surface area contributed by atoms with Crippen molar-refractivity contribution in [1.29, 1.82) is 0 Å². The molecule has 0 aromatic heterocycles. The van der Waals surface area contributed by atoms with Crippen LogP contribution in [0.15, 0.2) is 43.5 Å². The lowest BCUT2D eigenvalue weighted by atomic mass is 9.97. The first-order chi connectivity index (χ1) is 12.3. The Hall–Kier alpha value is -3.50. The molecule has 26 heavy (non-hydrogen) atoms. The minimum absolute atomic E-state index is 0.225. The third-order valence-corrected chi connectivity index (χ3v) is 2.78. The molecule has 0 radical (unpaired) electrons. The maximum absolute atomic E-state index is 12.2. The summed E-state index contributed by atoms with van der Waals surface area (Å²) in [4.78, 5) is 62.9. The largest absolute Gasteiger partial charge is 0.393 e. The number of carbonyl (C=O) groups excluding carboxylic acids is 4. The van der Waals surface area contributed by atoms with Gasteiger partial charge in [-0.3, -0.25) is 0 Å². The molecule has 0 spiro atoms. The van der Waals surface area contributed by atoms with Crippen LogP contribution in [0.25, 0.3) is 0 Å². The molecule has 0 bridgehead atoms. The molecule has 10 heteroatoms. The molecule has 0 saturated carbocycles. The van der Waals surface area contributed by atoms with Gasteiger partial charge in [0, 0.05) is 12.2 Å². The molecule has 0 amide bonds. The van der Waals surface area contributed by atoms with Crippen LogP contribution in [0.4, 0.5) is 0 Å². The van der Waals surface area contributed by atoms with Gasteiger partial charge in [-0.25, -0.2) is 38.7 Å². The highest BCUT2D eigenvalue weighted by molar-refractivity contribution is 6.04. The fourth-order valence-corrected chi connectivity index (χ4v) is 1.66. The lowest BCUT2D eigenvalue weighted by Gasteiger charge is -2.14. The number of hydrogen-bond donors (Lipinski definition) is 2. The summed E-state index contributed by atoms with van der Waals surface area (Å²) in [7, 11) is 0. The van der Waals surface area contributed by atoms with Crippen molar-refractivity contribution in [2.24, 2.45) is 0 Å². The van der Waals surface area contributed by atoms with Crippen LogP contribution in [0.2, 0.25) is 0 Å². The van der Waals surface area contributed by atoms with Crippen LogP contribution >= 0.6 is 0 Å². The van der Waals surface area contributed by atoms with Crippen LogP contribution in [0.5, 0.6) is 0 Å². The van der Waals surface area contributed by atoms with Crippen molar-refractivity contribution < 1.29 is 48.9 Å². The Balaban J connectivity index is 3.23. The molecule has 1 atom stereocenters. The van der Waals surface area contributed by atoms with Crippen LogP contribution in [-0.2, 0) is 29.1 Å². The summed E-state index contributed by atoms with van der Waals surface area (Å²) < 4.78 is 0. The molecule has 1 aromatic rings. The van der Waals surface area contributed by atoms with Gasteiger partial charge in [0.25, 0.3) is 0 Å². The van der Waals surface area contributed by atoms with E-state index in [-0.39, 0.29) is 5.56 Å². The van der Waals surface area contributed by atoms with Gasteiger partial charge >= 0.3 is 23.9 Å². The van der Waals surface area contributed by atoms with Crippen LogP contribution in [0.1, 0.15) is 32.4 Å². The quantitative estimate of drug-likeness (QED) is 0.410. The first-order valence-corrected chi connectivity index (χ1v) is 6.88. The fourth-order valence-electron chi connectivity index (χ4n) is 1.66. The van der Waals surface area contributed by atoms with Crippen molar-refractivity contribution in [2.45, 2.75) is 6.10 Å². The summed E-state index contributed by atoms with van der Waals surface area (Å²) in [5.74, 6) is -4.82. The molecule has 0 aliphatic rings. The summed E-state index contributed by atoms with van der Waals surface area (Å²) in [5.41, 5.74) is -1.30. The molecule has 1 unspecified atom stereocenters. The number of aliphatic hydroxyl groups is 2. The minimum Gasteiger partial charge on any atom is -0.393 e. The number of hydrogen-bond acceptors (Lipinski definition) is 10. The van der Waals surface area contributed by atoms with E-state index >= 15 is 0 Å². The number of carbonyl (C=O) groups is 4. The zero-order valence-corrected chi connectivity index (χ0v) is 13.2. The molecular weight excluding hydrogens is 352 g/mol. The van der Waals surface area contributed by atoms with Gasteiger partial charge in [0.1, 0.15) is 6.10 Å². The highest BCUT2D eigenvalue weighted by atomic mass is 17.2.